The lowest BCUT2D eigenvalue weighted by atomic mass is 9.87. The standard InChI is InChI=1S/C12H16O6/c1-3-17-11(15)7-5-10(14)8(6-9(7)13)12(16)18-4-2/h7,14H,3-6H2,1-2H3. The summed E-state index contributed by atoms with van der Waals surface area (Å²) in [7, 11) is 0. The maximum Gasteiger partial charge on any atom is 0.337 e. The molecule has 0 spiro atoms. The number of carbonyl (C=O) groups is 3. The lowest BCUT2D eigenvalue weighted by molar-refractivity contribution is -0.153. The van der Waals surface area contributed by atoms with Gasteiger partial charge in [0.2, 0.25) is 0 Å². The quantitative estimate of drug-likeness (QED) is 0.593. The lowest BCUT2D eigenvalue weighted by Crippen LogP contribution is -2.32. The van der Waals surface area contributed by atoms with Gasteiger partial charge in [0, 0.05) is 12.8 Å². The molecule has 0 heterocycles. The van der Waals surface area contributed by atoms with Gasteiger partial charge >= 0.3 is 11.9 Å². The van der Waals surface area contributed by atoms with Crippen molar-refractivity contribution < 1.29 is 29.0 Å². The number of aliphatic hydroxyl groups excluding tert-OH is 1. The minimum absolute atomic E-state index is 0.0672. The average Bonchev–Trinajstić information content (AvgIpc) is 2.32. The van der Waals surface area contributed by atoms with E-state index in [0.29, 0.717) is 0 Å². The molecule has 1 aliphatic rings. The zero-order valence-electron chi connectivity index (χ0n) is 10.4. The predicted octanol–water partition coefficient (Wildman–Crippen LogP) is 0.904. The Balaban J connectivity index is 2.83. The molecule has 0 aliphatic heterocycles. The molecule has 100 valence electrons. The van der Waals surface area contributed by atoms with Crippen molar-refractivity contribution in [3.63, 3.8) is 0 Å². The van der Waals surface area contributed by atoms with Crippen LogP contribution in [0.3, 0.4) is 0 Å². The van der Waals surface area contributed by atoms with E-state index in [9.17, 15) is 19.5 Å². The van der Waals surface area contributed by atoms with Crippen LogP contribution in [0.25, 0.3) is 0 Å². The Morgan fingerprint density at radius 1 is 1.28 bits per heavy atom. The van der Waals surface area contributed by atoms with Crippen LogP contribution >= 0.6 is 0 Å². The summed E-state index contributed by atoms with van der Waals surface area (Å²) in [5.41, 5.74) is -0.0672. The van der Waals surface area contributed by atoms with Crippen molar-refractivity contribution >= 4 is 17.7 Å². The number of esters is 2. The highest BCUT2D eigenvalue weighted by molar-refractivity contribution is 6.06. The van der Waals surface area contributed by atoms with E-state index in [0.717, 1.165) is 0 Å². The van der Waals surface area contributed by atoms with Crippen LogP contribution < -0.4 is 0 Å². The van der Waals surface area contributed by atoms with Gasteiger partial charge in [0.05, 0.1) is 18.8 Å². The Morgan fingerprint density at radius 3 is 2.44 bits per heavy atom. The Kier molecular flexibility index (Phi) is 4.88. The average molecular weight is 256 g/mol. The van der Waals surface area contributed by atoms with Gasteiger partial charge in [-0.2, -0.15) is 0 Å². The van der Waals surface area contributed by atoms with Crippen LogP contribution in [0, 0.1) is 5.92 Å². The molecule has 1 aliphatic carbocycles. The molecule has 18 heavy (non-hydrogen) atoms. The zero-order chi connectivity index (χ0) is 13.7. The molecule has 1 unspecified atom stereocenters. The fourth-order valence-corrected chi connectivity index (χ4v) is 1.70. The van der Waals surface area contributed by atoms with Crippen LogP contribution in [-0.2, 0) is 23.9 Å². The normalized spacial score (nSPS) is 19.7. The van der Waals surface area contributed by atoms with E-state index in [1.807, 2.05) is 0 Å². The van der Waals surface area contributed by atoms with Gasteiger partial charge in [-0.1, -0.05) is 0 Å². The second kappa shape index (κ2) is 6.18. The Morgan fingerprint density at radius 2 is 1.89 bits per heavy atom. The molecule has 0 aromatic carbocycles. The number of rotatable bonds is 4. The van der Waals surface area contributed by atoms with Crippen molar-refractivity contribution in [1.29, 1.82) is 0 Å². The molecule has 0 radical (unpaired) electrons. The number of Topliss-reactive ketones (excluding diaryl/α,β-unsaturated/α-hetero) is 1. The maximum absolute atomic E-state index is 11.7. The number of aliphatic hydroxyl groups is 1. The number of hydrogen-bond acceptors (Lipinski definition) is 6. The van der Waals surface area contributed by atoms with E-state index in [4.69, 9.17) is 9.47 Å². The monoisotopic (exact) mass is 256 g/mol. The summed E-state index contributed by atoms with van der Waals surface area (Å²) in [5, 5.41) is 9.69. The fourth-order valence-electron chi connectivity index (χ4n) is 1.70. The summed E-state index contributed by atoms with van der Waals surface area (Å²) in [6.07, 6.45) is -0.500. The Labute approximate surface area is 105 Å². The minimum atomic E-state index is -1.02. The SMILES string of the molecule is CCOC(=O)C1=C(O)CC(C(=O)OCC)C(=O)C1. The molecule has 0 bridgehead atoms. The van der Waals surface area contributed by atoms with Gasteiger partial charge in [-0.15, -0.1) is 0 Å². The van der Waals surface area contributed by atoms with Crippen molar-refractivity contribution in [2.45, 2.75) is 26.7 Å². The zero-order valence-corrected chi connectivity index (χ0v) is 10.4. The van der Waals surface area contributed by atoms with E-state index in [1.165, 1.54) is 0 Å². The van der Waals surface area contributed by atoms with Gasteiger partial charge in [0.25, 0.3) is 0 Å². The third-order valence-corrected chi connectivity index (χ3v) is 2.58. The molecule has 0 aromatic heterocycles. The van der Waals surface area contributed by atoms with Crippen molar-refractivity contribution in [1.82, 2.24) is 0 Å². The number of hydrogen-bond donors (Lipinski definition) is 1. The van der Waals surface area contributed by atoms with Crippen LogP contribution in [0.1, 0.15) is 26.7 Å². The van der Waals surface area contributed by atoms with Crippen molar-refractivity contribution in [2.75, 3.05) is 13.2 Å². The molecule has 1 N–H and O–H groups in total. The van der Waals surface area contributed by atoms with Crippen LogP contribution in [-0.4, -0.2) is 36.0 Å². The predicted molar refractivity (Wildman–Crippen MR) is 60.7 cm³/mol. The third-order valence-electron chi connectivity index (χ3n) is 2.58. The van der Waals surface area contributed by atoms with E-state index in [-0.39, 0.29) is 37.4 Å². The number of allylic oxidation sites excluding steroid dienone is 1. The topological polar surface area (TPSA) is 89.9 Å². The summed E-state index contributed by atoms with van der Waals surface area (Å²) in [6, 6.07) is 0. The largest absolute Gasteiger partial charge is 0.512 e. The summed E-state index contributed by atoms with van der Waals surface area (Å²) in [5.74, 6) is -3.12. The van der Waals surface area contributed by atoms with E-state index >= 15 is 0 Å². The van der Waals surface area contributed by atoms with Crippen LogP contribution in [0.2, 0.25) is 0 Å². The van der Waals surface area contributed by atoms with Gasteiger partial charge < -0.3 is 14.6 Å². The molecular formula is C12H16O6. The van der Waals surface area contributed by atoms with Crippen LogP contribution in [0.15, 0.2) is 11.3 Å². The maximum atomic E-state index is 11.7. The first kappa shape index (κ1) is 14.2. The molecule has 0 aromatic rings. The van der Waals surface area contributed by atoms with Crippen molar-refractivity contribution in [3.8, 4) is 0 Å². The van der Waals surface area contributed by atoms with Crippen molar-refractivity contribution in [3.05, 3.63) is 11.3 Å². The Bertz CT molecular complexity index is 395. The summed E-state index contributed by atoms with van der Waals surface area (Å²) in [6.45, 7) is 3.58. The second-order valence-corrected chi connectivity index (χ2v) is 3.80. The first-order valence-electron chi connectivity index (χ1n) is 5.78. The van der Waals surface area contributed by atoms with E-state index < -0.39 is 23.6 Å². The molecule has 1 rings (SSSR count). The smallest absolute Gasteiger partial charge is 0.337 e. The number of ketones is 1. The van der Waals surface area contributed by atoms with Crippen LogP contribution in [0.5, 0.6) is 0 Å². The van der Waals surface area contributed by atoms with E-state index in [1.54, 1.807) is 13.8 Å². The molecule has 6 heteroatoms. The molecule has 0 saturated heterocycles. The summed E-state index contributed by atoms with van der Waals surface area (Å²) in [4.78, 5) is 34.6. The highest BCUT2D eigenvalue weighted by Gasteiger charge is 2.37. The summed E-state index contributed by atoms with van der Waals surface area (Å²) >= 11 is 0. The summed E-state index contributed by atoms with van der Waals surface area (Å²) < 4.78 is 9.45. The van der Waals surface area contributed by atoms with Gasteiger partial charge in [0.1, 0.15) is 11.7 Å². The van der Waals surface area contributed by atoms with Gasteiger partial charge in [-0.05, 0) is 13.8 Å². The molecule has 0 fully saturated rings. The highest BCUT2D eigenvalue weighted by atomic mass is 16.5. The molecular weight excluding hydrogens is 240 g/mol. The van der Waals surface area contributed by atoms with Gasteiger partial charge in [-0.3, -0.25) is 9.59 Å². The fraction of sp³-hybridized carbons (Fsp3) is 0.583. The molecule has 0 amide bonds. The molecule has 1 atom stereocenters. The minimum Gasteiger partial charge on any atom is -0.512 e. The van der Waals surface area contributed by atoms with Gasteiger partial charge in [0.15, 0.2) is 5.78 Å². The second-order valence-electron chi connectivity index (χ2n) is 3.80. The van der Waals surface area contributed by atoms with E-state index in [2.05, 4.69) is 0 Å². The van der Waals surface area contributed by atoms with Crippen molar-refractivity contribution in [2.24, 2.45) is 5.92 Å². The molecule has 6 nitrogen and oxygen atoms in total. The van der Waals surface area contributed by atoms with Gasteiger partial charge in [-0.25, -0.2) is 4.79 Å². The first-order valence-corrected chi connectivity index (χ1v) is 5.78. The molecule has 0 saturated carbocycles. The number of carbonyl (C=O) groups excluding carboxylic acids is 3. The highest BCUT2D eigenvalue weighted by Crippen LogP contribution is 2.27. The third kappa shape index (κ3) is 3.09. The lowest BCUT2D eigenvalue weighted by Gasteiger charge is -2.20. The number of ether oxygens (including phenoxy) is 2. The Hall–Kier alpha value is -1.85. The first-order chi connectivity index (χ1) is 8.51. The van der Waals surface area contributed by atoms with Crippen LogP contribution in [0.4, 0.5) is 0 Å².